The molecule has 21 heavy (non-hydrogen) atoms. The minimum absolute atomic E-state index is 0.183. The molecular weight excluding hydrogens is 264 g/mol. The van der Waals surface area contributed by atoms with Crippen molar-refractivity contribution < 1.29 is 4.79 Å². The molecule has 0 bridgehead atoms. The quantitative estimate of drug-likeness (QED) is 0.890. The zero-order valence-corrected chi connectivity index (χ0v) is 12.2. The van der Waals surface area contributed by atoms with Crippen molar-refractivity contribution in [1.82, 2.24) is 10.3 Å². The van der Waals surface area contributed by atoms with Crippen LogP contribution in [0.15, 0.2) is 35.1 Å². The number of carbonyl (C=O) groups is 1. The molecule has 1 aliphatic rings. The van der Waals surface area contributed by atoms with E-state index in [0.717, 1.165) is 37.0 Å². The van der Waals surface area contributed by atoms with Gasteiger partial charge in [-0.05, 0) is 49.1 Å². The van der Waals surface area contributed by atoms with Crippen molar-refractivity contribution in [2.24, 2.45) is 5.92 Å². The van der Waals surface area contributed by atoms with E-state index in [-0.39, 0.29) is 17.5 Å². The first kappa shape index (κ1) is 13.9. The highest BCUT2D eigenvalue weighted by Gasteiger charge is 2.20. The summed E-state index contributed by atoms with van der Waals surface area (Å²) < 4.78 is 0. The van der Waals surface area contributed by atoms with Gasteiger partial charge in [0.2, 0.25) is 0 Å². The summed E-state index contributed by atoms with van der Waals surface area (Å²) in [4.78, 5) is 27.0. The highest BCUT2D eigenvalue weighted by Crippen LogP contribution is 2.23. The topological polar surface area (TPSA) is 62.0 Å². The molecule has 0 atom stereocenters. The minimum Gasteiger partial charge on any atom is -0.348 e. The van der Waals surface area contributed by atoms with E-state index in [0.29, 0.717) is 11.1 Å². The van der Waals surface area contributed by atoms with Crippen molar-refractivity contribution in [2.75, 3.05) is 0 Å². The monoisotopic (exact) mass is 284 g/mol. The number of pyridine rings is 1. The van der Waals surface area contributed by atoms with Crippen LogP contribution in [0.1, 0.15) is 43.1 Å². The number of benzene rings is 1. The fourth-order valence-electron chi connectivity index (χ4n) is 3.00. The predicted molar refractivity (Wildman–Crippen MR) is 83.5 cm³/mol. The van der Waals surface area contributed by atoms with Gasteiger partial charge in [-0.15, -0.1) is 0 Å². The molecule has 0 aliphatic heterocycles. The standard InChI is InChI=1S/C17H20N2O2/c1-11-6-8-13(9-7-11)18-17(21)15-10-12-4-2-3-5-14(12)16(20)19-15/h2-5,10-11,13H,6-9H2,1H3,(H,18,21)(H,19,20). The number of carbonyl (C=O) groups excluding carboxylic acids is 1. The molecule has 3 rings (SSSR count). The molecule has 1 aliphatic carbocycles. The molecule has 0 saturated heterocycles. The van der Waals surface area contributed by atoms with E-state index in [4.69, 9.17) is 0 Å². The van der Waals surface area contributed by atoms with Crippen molar-refractivity contribution in [2.45, 2.75) is 38.6 Å². The Morgan fingerprint density at radius 2 is 1.90 bits per heavy atom. The first-order chi connectivity index (χ1) is 10.1. The Kier molecular flexibility index (Phi) is 3.78. The van der Waals surface area contributed by atoms with Crippen LogP contribution in [0.25, 0.3) is 10.8 Å². The van der Waals surface area contributed by atoms with Gasteiger partial charge in [-0.25, -0.2) is 0 Å². The van der Waals surface area contributed by atoms with E-state index in [9.17, 15) is 9.59 Å². The summed E-state index contributed by atoms with van der Waals surface area (Å²) in [6.45, 7) is 2.25. The van der Waals surface area contributed by atoms with Crippen LogP contribution in [0.4, 0.5) is 0 Å². The van der Waals surface area contributed by atoms with E-state index in [1.165, 1.54) is 0 Å². The van der Waals surface area contributed by atoms with Crippen LogP contribution in [-0.2, 0) is 0 Å². The molecule has 1 aromatic heterocycles. The van der Waals surface area contributed by atoms with Crippen LogP contribution in [0.2, 0.25) is 0 Å². The maximum absolute atomic E-state index is 12.3. The van der Waals surface area contributed by atoms with Crippen LogP contribution in [0.5, 0.6) is 0 Å². The fourth-order valence-corrected chi connectivity index (χ4v) is 3.00. The first-order valence-corrected chi connectivity index (χ1v) is 7.56. The fraction of sp³-hybridized carbons (Fsp3) is 0.412. The molecular formula is C17H20N2O2. The first-order valence-electron chi connectivity index (χ1n) is 7.56. The maximum Gasteiger partial charge on any atom is 0.268 e. The second-order valence-electron chi connectivity index (χ2n) is 6.03. The smallest absolute Gasteiger partial charge is 0.268 e. The van der Waals surface area contributed by atoms with Gasteiger partial charge in [-0.1, -0.05) is 25.1 Å². The Morgan fingerprint density at radius 1 is 1.19 bits per heavy atom. The van der Waals surface area contributed by atoms with Gasteiger partial charge in [0.1, 0.15) is 5.69 Å². The van der Waals surface area contributed by atoms with Crippen molar-refractivity contribution in [3.05, 3.63) is 46.4 Å². The lowest BCUT2D eigenvalue weighted by Gasteiger charge is -2.26. The predicted octanol–water partition coefficient (Wildman–Crippen LogP) is 2.84. The zero-order valence-electron chi connectivity index (χ0n) is 12.2. The number of hydrogen-bond acceptors (Lipinski definition) is 2. The number of hydrogen-bond donors (Lipinski definition) is 2. The summed E-state index contributed by atoms with van der Waals surface area (Å²) in [6, 6.07) is 9.27. The Morgan fingerprint density at radius 3 is 2.67 bits per heavy atom. The number of aromatic amines is 1. The third-order valence-corrected chi connectivity index (χ3v) is 4.35. The molecule has 0 unspecified atom stereocenters. The van der Waals surface area contributed by atoms with Crippen LogP contribution in [0.3, 0.4) is 0 Å². The average molecular weight is 284 g/mol. The lowest BCUT2D eigenvalue weighted by molar-refractivity contribution is 0.0918. The molecule has 0 spiro atoms. The molecule has 1 amide bonds. The summed E-state index contributed by atoms with van der Waals surface area (Å²) in [5.41, 5.74) is 0.132. The van der Waals surface area contributed by atoms with Gasteiger partial charge in [0.05, 0.1) is 0 Å². The van der Waals surface area contributed by atoms with E-state index in [1.54, 1.807) is 12.1 Å². The number of aromatic nitrogens is 1. The number of amides is 1. The van der Waals surface area contributed by atoms with Crippen molar-refractivity contribution in [3.63, 3.8) is 0 Å². The molecule has 2 N–H and O–H groups in total. The lowest BCUT2D eigenvalue weighted by atomic mass is 9.87. The van der Waals surface area contributed by atoms with Gasteiger partial charge < -0.3 is 10.3 Å². The molecule has 1 aromatic carbocycles. The highest BCUT2D eigenvalue weighted by molar-refractivity contribution is 5.96. The number of fused-ring (bicyclic) bond motifs is 1. The summed E-state index contributed by atoms with van der Waals surface area (Å²) in [7, 11) is 0. The third-order valence-electron chi connectivity index (χ3n) is 4.35. The van der Waals surface area contributed by atoms with Crippen LogP contribution < -0.4 is 10.9 Å². The minimum atomic E-state index is -0.212. The molecule has 2 aromatic rings. The number of nitrogens with one attached hydrogen (secondary N) is 2. The van der Waals surface area contributed by atoms with Gasteiger partial charge in [0, 0.05) is 11.4 Å². The van der Waals surface area contributed by atoms with Gasteiger partial charge in [0.25, 0.3) is 11.5 Å². The molecule has 110 valence electrons. The second-order valence-corrected chi connectivity index (χ2v) is 6.03. The SMILES string of the molecule is CC1CCC(NC(=O)c2cc3ccccc3c(=O)[nH]2)CC1. The largest absolute Gasteiger partial charge is 0.348 e. The highest BCUT2D eigenvalue weighted by atomic mass is 16.2. The third kappa shape index (κ3) is 2.99. The molecule has 0 radical (unpaired) electrons. The van der Waals surface area contributed by atoms with E-state index >= 15 is 0 Å². The molecule has 1 saturated carbocycles. The van der Waals surface area contributed by atoms with Crippen LogP contribution in [-0.4, -0.2) is 16.9 Å². The summed E-state index contributed by atoms with van der Waals surface area (Å²) >= 11 is 0. The number of rotatable bonds is 2. The summed E-state index contributed by atoms with van der Waals surface area (Å²) in [6.07, 6.45) is 4.34. The summed E-state index contributed by atoms with van der Waals surface area (Å²) in [5.74, 6) is 0.566. The van der Waals surface area contributed by atoms with E-state index in [1.807, 2.05) is 18.2 Å². The van der Waals surface area contributed by atoms with Crippen molar-refractivity contribution >= 4 is 16.7 Å². The molecule has 4 heteroatoms. The van der Waals surface area contributed by atoms with Gasteiger partial charge in [-0.3, -0.25) is 9.59 Å². The van der Waals surface area contributed by atoms with Gasteiger partial charge in [0.15, 0.2) is 0 Å². The average Bonchev–Trinajstić information content (AvgIpc) is 2.49. The van der Waals surface area contributed by atoms with Gasteiger partial charge in [-0.2, -0.15) is 0 Å². The Balaban J connectivity index is 1.80. The van der Waals surface area contributed by atoms with Gasteiger partial charge >= 0.3 is 0 Å². The van der Waals surface area contributed by atoms with E-state index < -0.39 is 0 Å². The Labute approximate surface area is 123 Å². The lowest BCUT2D eigenvalue weighted by Crippen LogP contribution is -2.38. The zero-order chi connectivity index (χ0) is 14.8. The maximum atomic E-state index is 12.3. The van der Waals surface area contributed by atoms with Crippen LogP contribution in [0, 0.1) is 5.92 Å². The summed E-state index contributed by atoms with van der Waals surface area (Å²) in [5, 5.41) is 4.45. The van der Waals surface area contributed by atoms with E-state index in [2.05, 4.69) is 17.2 Å². The van der Waals surface area contributed by atoms with Crippen LogP contribution >= 0.6 is 0 Å². The molecule has 1 fully saturated rings. The molecule has 4 nitrogen and oxygen atoms in total. The Hall–Kier alpha value is -2.10. The Bertz CT molecular complexity index is 712. The van der Waals surface area contributed by atoms with Crippen molar-refractivity contribution in [1.29, 1.82) is 0 Å². The van der Waals surface area contributed by atoms with Crippen molar-refractivity contribution in [3.8, 4) is 0 Å². The number of H-pyrrole nitrogens is 1. The molecule has 1 heterocycles. The normalized spacial score (nSPS) is 22.1. The second kappa shape index (κ2) is 5.72.